The average Bonchev–Trinajstić information content (AvgIpc) is 2.78. The van der Waals surface area contributed by atoms with E-state index in [1.807, 2.05) is 0 Å². The highest BCUT2D eigenvalue weighted by atomic mass is 32.2. The monoisotopic (exact) mass is 544 g/mol. The molecule has 0 radical (unpaired) electrons. The van der Waals surface area contributed by atoms with Crippen LogP contribution in [0.3, 0.4) is 0 Å². The van der Waals surface area contributed by atoms with Crippen molar-refractivity contribution < 1.29 is 35.1 Å². The number of pyridine rings is 2. The van der Waals surface area contributed by atoms with Crippen molar-refractivity contribution in [1.82, 2.24) is 0 Å². The molecule has 10 heteroatoms. The highest BCUT2D eigenvalue weighted by molar-refractivity contribution is 7.85. The van der Waals surface area contributed by atoms with E-state index in [-0.39, 0.29) is 0 Å². The molecule has 0 aliphatic carbocycles. The van der Waals surface area contributed by atoms with E-state index in [2.05, 4.69) is 72.0 Å². The van der Waals surface area contributed by atoms with E-state index in [4.69, 9.17) is 25.9 Å². The molecule has 2 heterocycles. The molecule has 206 valence electrons. The minimum absolute atomic E-state index is 0.604. The Morgan fingerprint density at radius 2 is 0.806 bits per heavy atom. The fraction of sp³-hybridized carbons (Fsp3) is 0.615. The van der Waals surface area contributed by atoms with Gasteiger partial charge in [-0.1, -0.05) is 52.4 Å². The third-order valence-electron chi connectivity index (χ3n) is 5.16. The van der Waals surface area contributed by atoms with Gasteiger partial charge in [0.2, 0.25) is 0 Å². The molecule has 0 amide bonds. The molecule has 0 aliphatic heterocycles. The van der Waals surface area contributed by atoms with Crippen LogP contribution >= 0.6 is 0 Å². The van der Waals surface area contributed by atoms with E-state index in [0.717, 1.165) is 13.1 Å². The second kappa shape index (κ2) is 19.3. The van der Waals surface area contributed by atoms with E-state index in [9.17, 15) is 0 Å². The first-order valence-electron chi connectivity index (χ1n) is 12.6. The van der Waals surface area contributed by atoms with Crippen molar-refractivity contribution in [3.8, 4) is 11.1 Å². The summed E-state index contributed by atoms with van der Waals surface area (Å²) in [5.41, 5.74) is 2.62. The van der Waals surface area contributed by atoms with Crippen LogP contribution in [0.5, 0.6) is 0 Å². The molecule has 0 saturated carbocycles. The summed E-state index contributed by atoms with van der Waals surface area (Å²) in [7, 11) is -7.83. The van der Waals surface area contributed by atoms with Crippen molar-refractivity contribution in [2.75, 3.05) is 12.5 Å². The van der Waals surface area contributed by atoms with E-state index < -0.39 is 20.2 Å². The van der Waals surface area contributed by atoms with Gasteiger partial charge < -0.3 is 9.11 Å². The molecular formula is C26H44N2O6S2. The summed E-state index contributed by atoms with van der Waals surface area (Å²) in [6, 6.07) is 8.99. The summed E-state index contributed by atoms with van der Waals surface area (Å²) >= 11 is 0. The maximum atomic E-state index is 9.08. The number of nitrogens with zero attached hydrogens (tertiary/aromatic N) is 2. The Balaban J connectivity index is 0.00000104. The van der Waals surface area contributed by atoms with Crippen LogP contribution in [0, 0.1) is 0 Å². The Morgan fingerprint density at radius 1 is 0.556 bits per heavy atom. The highest BCUT2D eigenvalue weighted by Gasteiger charge is 2.06. The van der Waals surface area contributed by atoms with E-state index in [1.165, 1.54) is 75.3 Å². The normalized spacial score (nSPS) is 11.2. The Kier molecular flexibility index (Phi) is 18.3. The lowest BCUT2D eigenvalue weighted by molar-refractivity contribution is -0.697. The molecule has 0 atom stereocenters. The maximum absolute atomic E-state index is 9.08. The zero-order valence-corrected chi connectivity index (χ0v) is 23.9. The zero-order chi connectivity index (χ0) is 27.5. The quantitative estimate of drug-likeness (QED) is 0.212. The third kappa shape index (κ3) is 23.8. The second-order valence-electron chi connectivity index (χ2n) is 8.89. The zero-order valence-electron chi connectivity index (χ0n) is 22.3. The summed E-state index contributed by atoms with van der Waals surface area (Å²) in [4.78, 5) is 0. The lowest BCUT2D eigenvalue weighted by Gasteiger charge is -2.02. The van der Waals surface area contributed by atoms with Crippen LogP contribution in [0.2, 0.25) is 0 Å². The third-order valence-corrected chi connectivity index (χ3v) is 5.16. The Morgan fingerprint density at radius 3 is 1.06 bits per heavy atom. The molecule has 0 saturated heterocycles. The largest absolute Gasteiger partial charge is 0.748 e. The minimum Gasteiger partial charge on any atom is -0.748 e. The number of aromatic nitrogens is 2. The topological polar surface area (TPSA) is 122 Å². The van der Waals surface area contributed by atoms with Gasteiger partial charge in [0.05, 0.1) is 20.2 Å². The van der Waals surface area contributed by atoms with Gasteiger partial charge in [-0.3, -0.25) is 0 Å². The van der Waals surface area contributed by atoms with Gasteiger partial charge in [0.15, 0.2) is 24.8 Å². The molecule has 8 nitrogen and oxygen atoms in total. The SMILES string of the molecule is CCCCCCC[n+]1ccc(-c2cc[n+](CCCCCCC)cc2)cc1.CS(=O)(=O)[O-].CS(=O)(=O)[O-]. The van der Waals surface area contributed by atoms with Crippen LogP contribution in [-0.4, -0.2) is 38.5 Å². The van der Waals surface area contributed by atoms with Crippen molar-refractivity contribution in [2.45, 2.75) is 91.1 Å². The fourth-order valence-corrected chi connectivity index (χ4v) is 3.39. The molecule has 0 N–H and O–H groups in total. The fourth-order valence-electron chi connectivity index (χ4n) is 3.39. The van der Waals surface area contributed by atoms with Gasteiger partial charge in [0.1, 0.15) is 13.1 Å². The van der Waals surface area contributed by atoms with E-state index in [0.29, 0.717) is 12.5 Å². The lowest BCUT2D eigenvalue weighted by Crippen LogP contribution is -2.33. The smallest absolute Gasteiger partial charge is 0.169 e. The molecule has 0 spiro atoms. The summed E-state index contributed by atoms with van der Waals surface area (Å²) in [6.07, 6.45) is 23.5. The molecule has 2 aromatic rings. The van der Waals surface area contributed by atoms with Crippen molar-refractivity contribution in [3.63, 3.8) is 0 Å². The van der Waals surface area contributed by atoms with Gasteiger partial charge in [-0.25, -0.2) is 26.0 Å². The second-order valence-corrected chi connectivity index (χ2v) is 11.7. The predicted octanol–water partition coefficient (Wildman–Crippen LogP) is 4.19. The lowest BCUT2D eigenvalue weighted by atomic mass is 10.1. The van der Waals surface area contributed by atoms with Crippen LogP contribution in [0.1, 0.15) is 78.1 Å². The molecule has 36 heavy (non-hydrogen) atoms. The standard InChI is InChI=1S/C24H38N2.2CH4O3S/c1-3-5-7-9-11-17-25-19-13-23(14-20-25)24-15-21-26(22-16-24)18-12-10-8-6-4-2;2*1-5(2,3)4/h13-16,19-22H,3-12,17-18H2,1-2H3;2*1H3,(H,2,3,4)/q+2;;/p-2. The number of hydrogen-bond acceptors (Lipinski definition) is 6. The Hall–Kier alpha value is -1.88. The molecule has 0 unspecified atom stereocenters. The van der Waals surface area contributed by atoms with Gasteiger partial charge in [0, 0.05) is 49.6 Å². The average molecular weight is 545 g/mol. The number of unbranched alkanes of at least 4 members (excludes halogenated alkanes) is 8. The Labute approximate surface area is 218 Å². The highest BCUT2D eigenvalue weighted by Crippen LogP contribution is 2.15. The maximum Gasteiger partial charge on any atom is 0.169 e. The molecule has 0 aliphatic rings. The van der Waals surface area contributed by atoms with Crippen LogP contribution in [-0.2, 0) is 33.3 Å². The summed E-state index contributed by atoms with van der Waals surface area (Å²) < 4.78 is 59.1. The molecular weight excluding hydrogens is 500 g/mol. The van der Waals surface area contributed by atoms with Crippen LogP contribution in [0.25, 0.3) is 11.1 Å². The molecule has 0 fully saturated rings. The van der Waals surface area contributed by atoms with Gasteiger partial charge in [-0.15, -0.1) is 0 Å². The first kappa shape index (κ1) is 34.1. The van der Waals surface area contributed by atoms with Gasteiger partial charge in [0.25, 0.3) is 0 Å². The number of aryl methyl sites for hydroxylation is 2. The summed E-state index contributed by atoms with van der Waals surface area (Å²) in [6.45, 7) is 6.81. The molecule has 0 aromatic carbocycles. The van der Waals surface area contributed by atoms with Crippen LogP contribution < -0.4 is 9.13 Å². The van der Waals surface area contributed by atoms with Crippen molar-refractivity contribution >= 4 is 20.2 Å². The Bertz CT molecular complexity index is 922. The van der Waals surface area contributed by atoms with Gasteiger partial charge >= 0.3 is 0 Å². The van der Waals surface area contributed by atoms with Crippen molar-refractivity contribution in [1.29, 1.82) is 0 Å². The minimum atomic E-state index is -3.92. The van der Waals surface area contributed by atoms with Crippen molar-refractivity contribution in [3.05, 3.63) is 49.1 Å². The molecule has 2 rings (SSSR count). The number of hydrogen-bond donors (Lipinski definition) is 0. The molecule has 2 aromatic heterocycles. The predicted molar refractivity (Wildman–Crippen MR) is 141 cm³/mol. The van der Waals surface area contributed by atoms with E-state index >= 15 is 0 Å². The molecule has 0 bridgehead atoms. The van der Waals surface area contributed by atoms with Crippen molar-refractivity contribution in [2.24, 2.45) is 0 Å². The van der Waals surface area contributed by atoms with Crippen LogP contribution in [0.4, 0.5) is 0 Å². The van der Waals surface area contributed by atoms with E-state index in [1.54, 1.807) is 0 Å². The summed E-state index contributed by atoms with van der Waals surface area (Å²) in [5, 5.41) is 0. The van der Waals surface area contributed by atoms with Gasteiger partial charge in [-0.05, 0) is 24.0 Å². The van der Waals surface area contributed by atoms with Gasteiger partial charge in [-0.2, -0.15) is 0 Å². The number of rotatable bonds is 13. The van der Waals surface area contributed by atoms with Crippen LogP contribution in [0.15, 0.2) is 49.1 Å². The first-order chi connectivity index (χ1) is 16.8. The summed E-state index contributed by atoms with van der Waals surface area (Å²) in [5.74, 6) is 0. The first-order valence-corrected chi connectivity index (χ1v) is 16.3.